The first-order valence-electron chi connectivity index (χ1n) is 14.6. The number of hydrogen-bond donors (Lipinski definition) is 3. The Hall–Kier alpha value is -0.910. The van der Waals surface area contributed by atoms with Crippen molar-refractivity contribution >= 4 is 5.91 Å². The molecule has 4 aliphatic carbocycles. The van der Waals surface area contributed by atoms with Gasteiger partial charge in [-0.1, -0.05) is 25.5 Å². The summed E-state index contributed by atoms with van der Waals surface area (Å²) in [5.74, 6) is 4.85. The molecule has 198 valence electrons. The Morgan fingerprint density at radius 3 is 2.71 bits per heavy atom. The topological polar surface area (TPSA) is 82.1 Å². The van der Waals surface area contributed by atoms with Crippen LogP contribution < -0.4 is 5.32 Å². The van der Waals surface area contributed by atoms with Crippen molar-refractivity contribution in [2.24, 2.45) is 40.9 Å². The lowest BCUT2D eigenvalue weighted by atomic mass is 9.51. The molecule has 0 spiro atoms. The van der Waals surface area contributed by atoms with Gasteiger partial charge < -0.3 is 20.3 Å². The van der Waals surface area contributed by atoms with Crippen molar-refractivity contribution in [3.63, 3.8) is 0 Å². The number of nitrogens with one attached hydrogen (secondary N) is 1. The zero-order chi connectivity index (χ0) is 25.0. The van der Waals surface area contributed by atoms with Crippen molar-refractivity contribution in [2.45, 2.75) is 129 Å². The Bertz CT molecular complexity index is 818. The molecule has 4 fully saturated rings. The highest BCUT2D eigenvalue weighted by molar-refractivity contribution is 5.76. The number of hydrogen-bond acceptors (Lipinski definition) is 4. The number of carbonyl (C=O) groups is 1. The molecular formula is C30H49NO4. The molecule has 5 nitrogen and oxygen atoms in total. The van der Waals surface area contributed by atoms with Crippen LogP contribution in [0.1, 0.15) is 105 Å². The van der Waals surface area contributed by atoms with Crippen LogP contribution in [-0.4, -0.2) is 40.2 Å². The van der Waals surface area contributed by atoms with Gasteiger partial charge in [0.15, 0.2) is 6.29 Å². The van der Waals surface area contributed by atoms with E-state index in [9.17, 15) is 15.0 Å². The molecular weight excluding hydrogens is 438 g/mol. The number of ether oxygens (including phenoxy) is 1. The molecule has 0 aromatic rings. The van der Waals surface area contributed by atoms with Gasteiger partial charge in [-0.25, -0.2) is 0 Å². The average molecular weight is 488 g/mol. The molecule has 10 atom stereocenters. The molecule has 3 saturated carbocycles. The molecule has 5 heteroatoms. The molecule has 0 aromatic carbocycles. The number of fused-ring (bicyclic) bond motifs is 5. The first-order chi connectivity index (χ1) is 16.5. The van der Waals surface area contributed by atoms with E-state index in [1.54, 1.807) is 5.57 Å². The molecule has 0 radical (unpaired) electrons. The monoisotopic (exact) mass is 487 g/mol. The smallest absolute Gasteiger partial charge is 0.220 e. The molecule has 35 heavy (non-hydrogen) atoms. The minimum absolute atomic E-state index is 0.106. The highest BCUT2D eigenvalue weighted by Crippen LogP contribution is 2.64. The Labute approximate surface area is 212 Å². The quantitative estimate of drug-likeness (QED) is 0.319. The van der Waals surface area contributed by atoms with Crippen molar-refractivity contribution < 1.29 is 19.7 Å². The summed E-state index contributed by atoms with van der Waals surface area (Å²) in [6, 6.07) is 0.271. The second-order valence-corrected chi connectivity index (χ2v) is 13.8. The van der Waals surface area contributed by atoms with E-state index in [2.05, 4.69) is 25.2 Å². The molecule has 3 N–H and O–H groups in total. The van der Waals surface area contributed by atoms with E-state index in [1.165, 1.54) is 38.5 Å². The first kappa shape index (κ1) is 25.7. The fraction of sp³-hybridized carbons (Fsp3) is 0.900. The van der Waals surface area contributed by atoms with Crippen LogP contribution in [0, 0.1) is 40.9 Å². The Morgan fingerprint density at radius 1 is 1.23 bits per heavy atom. The van der Waals surface area contributed by atoms with Crippen LogP contribution in [0.3, 0.4) is 0 Å². The number of amides is 1. The van der Waals surface area contributed by atoms with Crippen LogP contribution in [0.5, 0.6) is 0 Å². The summed E-state index contributed by atoms with van der Waals surface area (Å²) in [5.41, 5.74) is 1.54. The second kappa shape index (κ2) is 9.76. The van der Waals surface area contributed by atoms with Crippen molar-refractivity contribution in [1.29, 1.82) is 0 Å². The van der Waals surface area contributed by atoms with Crippen LogP contribution in [0.4, 0.5) is 0 Å². The number of allylic oxidation sites excluding steroid dienone is 1. The Balaban J connectivity index is 1.18. The minimum atomic E-state index is -0.651. The van der Waals surface area contributed by atoms with Gasteiger partial charge in [0.2, 0.25) is 5.91 Å². The van der Waals surface area contributed by atoms with Gasteiger partial charge >= 0.3 is 0 Å². The van der Waals surface area contributed by atoms with Gasteiger partial charge in [-0.15, -0.1) is 0 Å². The summed E-state index contributed by atoms with van der Waals surface area (Å²) >= 11 is 0. The van der Waals surface area contributed by atoms with E-state index in [0.29, 0.717) is 24.2 Å². The first-order valence-corrected chi connectivity index (χ1v) is 14.6. The Kier molecular flexibility index (Phi) is 7.17. The van der Waals surface area contributed by atoms with Crippen LogP contribution in [-0.2, 0) is 9.53 Å². The van der Waals surface area contributed by atoms with E-state index >= 15 is 0 Å². The summed E-state index contributed by atoms with van der Waals surface area (Å²) in [6.45, 7) is 8.96. The highest BCUT2D eigenvalue weighted by Gasteiger charge is 2.56. The minimum Gasteiger partial charge on any atom is -0.390 e. The summed E-state index contributed by atoms with van der Waals surface area (Å²) in [6.07, 6.45) is 15.0. The molecule has 1 saturated heterocycles. The summed E-state index contributed by atoms with van der Waals surface area (Å²) in [5, 5.41) is 22.8. The van der Waals surface area contributed by atoms with Crippen molar-refractivity contribution in [3.05, 3.63) is 11.6 Å². The summed E-state index contributed by atoms with van der Waals surface area (Å²) in [4.78, 5) is 12.4. The number of aliphatic hydroxyl groups is 2. The Morgan fingerprint density at radius 2 is 2.00 bits per heavy atom. The van der Waals surface area contributed by atoms with Gasteiger partial charge in [-0.3, -0.25) is 4.79 Å². The SMILES string of the molecule is CC(CCC(C)(C)O)[C@H]1CCC2C3CC=C4C[C@@H](NC(=O)CCC5OC5O)CC[C@@H]4C3CC[C@@]21C. The van der Waals surface area contributed by atoms with Gasteiger partial charge in [-0.05, 0) is 125 Å². The summed E-state index contributed by atoms with van der Waals surface area (Å²) < 4.78 is 5.02. The molecule has 0 bridgehead atoms. The van der Waals surface area contributed by atoms with Gasteiger partial charge in [0, 0.05) is 12.5 Å². The van der Waals surface area contributed by atoms with Crippen molar-refractivity contribution in [3.8, 4) is 0 Å². The lowest BCUT2D eigenvalue weighted by molar-refractivity contribution is -0.122. The predicted octanol–water partition coefficient (Wildman–Crippen LogP) is 5.34. The predicted molar refractivity (Wildman–Crippen MR) is 137 cm³/mol. The average Bonchev–Trinajstić information content (AvgIpc) is 3.39. The number of aliphatic hydroxyl groups excluding tert-OH is 1. The largest absolute Gasteiger partial charge is 0.390 e. The molecule has 1 aliphatic heterocycles. The van der Waals surface area contributed by atoms with E-state index in [0.717, 1.165) is 55.3 Å². The van der Waals surface area contributed by atoms with Crippen molar-refractivity contribution in [1.82, 2.24) is 5.32 Å². The maximum Gasteiger partial charge on any atom is 0.220 e. The zero-order valence-electron chi connectivity index (χ0n) is 22.5. The standard InChI is InChI=1S/C30H49NO4/c1-18(13-15-29(2,3)34)24-9-10-25-23-7-5-19-17-20(31-27(32)12-11-26-28(33)35-26)6-8-21(19)22(23)14-16-30(24,25)4/h5,18,20-26,28,33-34H,6-17H2,1-4H3,(H,31,32)/t18?,20-,21-,22?,23?,24+,25?,26?,28?,30+/m0/s1. The maximum absolute atomic E-state index is 12.4. The molecule has 6 unspecified atom stereocenters. The normalized spacial score (nSPS) is 43.4. The van der Waals surface area contributed by atoms with Crippen molar-refractivity contribution in [2.75, 3.05) is 0 Å². The molecule has 5 aliphatic rings. The maximum atomic E-state index is 12.4. The number of rotatable bonds is 8. The third-order valence-corrected chi connectivity index (χ3v) is 11.0. The third-order valence-electron chi connectivity index (χ3n) is 11.0. The van der Waals surface area contributed by atoms with E-state index in [-0.39, 0.29) is 18.1 Å². The molecule has 1 heterocycles. The molecule has 0 aromatic heterocycles. The van der Waals surface area contributed by atoms with E-state index < -0.39 is 11.9 Å². The fourth-order valence-electron chi connectivity index (χ4n) is 9.07. The third kappa shape index (κ3) is 5.38. The summed E-state index contributed by atoms with van der Waals surface area (Å²) in [7, 11) is 0. The van der Waals surface area contributed by atoms with Crippen LogP contribution in [0.2, 0.25) is 0 Å². The van der Waals surface area contributed by atoms with Crippen LogP contribution >= 0.6 is 0 Å². The van der Waals surface area contributed by atoms with Gasteiger partial charge in [-0.2, -0.15) is 0 Å². The van der Waals surface area contributed by atoms with Crippen LogP contribution in [0.15, 0.2) is 11.6 Å². The van der Waals surface area contributed by atoms with Gasteiger partial charge in [0.25, 0.3) is 0 Å². The number of epoxide rings is 1. The highest BCUT2D eigenvalue weighted by atomic mass is 16.7. The van der Waals surface area contributed by atoms with Gasteiger partial charge in [0.1, 0.15) is 6.10 Å². The second-order valence-electron chi connectivity index (χ2n) is 13.8. The van der Waals surface area contributed by atoms with Gasteiger partial charge in [0.05, 0.1) is 5.60 Å². The lowest BCUT2D eigenvalue weighted by Gasteiger charge is -2.54. The zero-order valence-corrected chi connectivity index (χ0v) is 22.5. The van der Waals surface area contributed by atoms with E-state index in [1.807, 2.05) is 13.8 Å². The van der Waals surface area contributed by atoms with Crippen LogP contribution in [0.25, 0.3) is 0 Å². The molecule has 1 amide bonds. The lowest BCUT2D eigenvalue weighted by Crippen LogP contribution is -2.48. The van der Waals surface area contributed by atoms with E-state index in [4.69, 9.17) is 4.74 Å². The fourth-order valence-corrected chi connectivity index (χ4v) is 9.07. The molecule has 5 rings (SSSR count). The number of carbonyl (C=O) groups excluding carboxylic acids is 1.